The number of rotatable bonds is 9. The van der Waals surface area contributed by atoms with Gasteiger partial charge >= 0.3 is 5.69 Å². The van der Waals surface area contributed by atoms with Crippen LogP contribution in [-0.4, -0.2) is 28.6 Å². The number of halogens is 1. The molecule has 1 aromatic heterocycles. The number of hydrogen-bond acceptors (Lipinski definition) is 5. The van der Waals surface area contributed by atoms with Crippen LogP contribution in [0.4, 0.5) is 11.5 Å². The van der Waals surface area contributed by atoms with Gasteiger partial charge in [-0.25, -0.2) is 4.79 Å². The van der Waals surface area contributed by atoms with Gasteiger partial charge in [-0.2, -0.15) is 0 Å². The highest BCUT2D eigenvalue weighted by Gasteiger charge is 2.25. The molecular formula is C20H27ClN4O4. The summed E-state index contributed by atoms with van der Waals surface area (Å²) in [6.07, 6.45) is 1.57. The summed E-state index contributed by atoms with van der Waals surface area (Å²) in [4.78, 5) is 41.2. The molecule has 0 spiro atoms. The monoisotopic (exact) mass is 422 g/mol. The van der Waals surface area contributed by atoms with Gasteiger partial charge in [0.05, 0.1) is 0 Å². The molecule has 1 amide bonds. The highest BCUT2D eigenvalue weighted by atomic mass is 35.5. The zero-order chi connectivity index (χ0) is 21.6. The quantitative estimate of drug-likeness (QED) is 0.645. The Labute approximate surface area is 174 Å². The third kappa shape index (κ3) is 5.87. The number of nitrogens with two attached hydrogens (primary N) is 1. The van der Waals surface area contributed by atoms with Gasteiger partial charge in [-0.1, -0.05) is 38.8 Å². The average molecular weight is 423 g/mol. The Kier molecular flexibility index (Phi) is 7.90. The lowest BCUT2D eigenvalue weighted by molar-refractivity contribution is -0.120. The molecular weight excluding hydrogens is 396 g/mol. The summed E-state index contributed by atoms with van der Waals surface area (Å²) >= 11 is 5.85. The van der Waals surface area contributed by atoms with Gasteiger partial charge in [0.1, 0.15) is 11.6 Å². The number of nitrogens with one attached hydrogen (secondary N) is 1. The number of carbonyl (C=O) groups is 1. The van der Waals surface area contributed by atoms with Gasteiger partial charge in [0.2, 0.25) is 0 Å². The van der Waals surface area contributed by atoms with E-state index in [1.165, 1.54) is 9.47 Å². The van der Waals surface area contributed by atoms with Crippen LogP contribution in [0.3, 0.4) is 0 Å². The minimum absolute atomic E-state index is 0.0207. The zero-order valence-corrected chi connectivity index (χ0v) is 17.7. The lowest BCUT2D eigenvalue weighted by Gasteiger charge is -2.26. The minimum atomic E-state index is -0.694. The van der Waals surface area contributed by atoms with Crippen LogP contribution in [0.25, 0.3) is 0 Å². The number of anilines is 2. The first kappa shape index (κ1) is 22.5. The first-order chi connectivity index (χ1) is 13.7. The molecule has 0 aliphatic carbocycles. The number of nitrogens with zero attached hydrogens (tertiary/aromatic N) is 2. The fraction of sp³-hybridized carbons (Fsp3) is 0.450. The van der Waals surface area contributed by atoms with Crippen molar-refractivity contribution in [1.82, 2.24) is 9.55 Å². The molecule has 0 fully saturated rings. The normalized spacial score (nSPS) is 10.9. The number of aromatic amines is 1. The molecule has 1 heterocycles. The van der Waals surface area contributed by atoms with E-state index in [0.29, 0.717) is 23.7 Å². The lowest BCUT2D eigenvalue weighted by Crippen LogP contribution is -2.44. The number of carbonyl (C=O) groups excluding carboxylic acids is 1. The molecule has 2 aromatic rings. The van der Waals surface area contributed by atoms with Crippen molar-refractivity contribution in [3.05, 3.63) is 50.1 Å². The largest absolute Gasteiger partial charge is 0.484 e. The van der Waals surface area contributed by atoms with E-state index in [4.69, 9.17) is 22.1 Å². The van der Waals surface area contributed by atoms with E-state index in [2.05, 4.69) is 4.98 Å². The minimum Gasteiger partial charge on any atom is -0.484 e. The summed E-state index contributed by atoms with van der Waals surface area (Å²) in [6, 6.07) is 6.60. The number of unbranched alkanes of at least 4 members (excludes halogenated alkanes) is 1. The van der Waals surface area contributed by atoms with E-state index in [-0.39, 0.29) is 30.6 Å². The molecule has 2 rings (SSSR count). The predicted molar refractivity (Wildman–Crippen MR) is 115 cm³/mol. The maximum Gasteiger partial charge on any atom is 0.330 e. The number of hydrogen-bond donors (Lipinski definition) is 2. The standard InChI is InChI=1S/C20H27ClN4O4/c1-4-5-10-24-18(22)17(19(27)23-20(24)28)25(11-13(2)3)16(26)12-29-15-8-6-14(21)7-9-15/h6-9,13H,4-5,10-12,22H2,1-3H3,(H,23,27,28). The number of benzene rings is 1. The number of aromatic nitrogens is 2. The zero-order valence-electron chi connectivity index (χ0n) is 16.9. The topological polar surface area (TPSA) is 110 Å². The van der Waals surface area contributed by atoms with Crippen molar-refractivity contribution < 1.29 is 9.53 Å². The fourth-order valence-electron chi connectivity index (χ4n) is 2.81. The average Bonchev–Trinajstić information content (AvgIpc) is 2.66. The van der Waals surface area contributed by atoms with Crippen LogP contribution < -0.4 is 26.6 Å². The van der Waals surface area contributed by atoms with Crippen LogP contribution in [0.2, 0.25) is 5.02 Å². The fourth-order valence-corrected chi connectivity index (χ4v) is 2.94. The molecule has 9 heteroatoms. The molecule has 29 heavy (non-hydrogen) atoms. The van der Waals surface area contributed by atoms with Gasteiger partial charge in [0.15, 0.2) is 12.3 Å². The second-order valence-corrected chi connectivity index (χ2v) is 7.58. The van der Waals surface area contributed by atoms with Crippen molar-refractivity contribution in [2.75, 3.05) is 23.8 Å². The van der Waals surface area contributed by atoms with E-state index in [1.54, 1.807) is 24.3 Å². The number of nitrogen functional groups attached to an aromatic ring is 1. The van der Waals surface area contributed by atoms with Crippen LogP contribution in [0.5, 0.6) is 5.75 Å². The van der Waals surface area contributed by atoms with Gasteiger partial charge in [-0.3, -0.25) is 19.1 Å². The summed E-state index contributed by atoms with van der Waals surface area (Å²) in [7, 11) is 0. The molecule has 0 saturated heterocycles. The molecule has 3 N–H and O–H groups in total. The second kappa shape index (κ2) is 10.2. The molecule has 0 saturated carbocycles. The summed E-state index contributed by atoms with van der Waals surface area (Å²) in [5.41, 5.74) is 4.85. The van der Waals surface area contributed by atoms with E-state index < -0.39 is 17.2 Å². The Morgan fingerprint density at radius 2 is 1.93 bits per heavy atom. The third-order valence-electron chi connectivity index (χ3n) is 4.24. The van der Waals surface area contributed by atoms with Crippen molar-refractivity contribution in [3.8, 4) is 5.75 Å². The van der Waals surface area contributed by atoms with Gasteiger partial charge in [-0.05, 0) is 36.6 Å². The number of amides is 1. The van der Waals surface area contributed by atoms with Gasteiger partial charge in [0.25, 0.3) is 11.5 Å². The first-order valence-electron chi connectivity index (χ1n) is 9.55. The highest BCUT2D eigenvalue weighted by Crippen LogP contribution is 2.20. The van der Waals surface area contributed by atoms with Gasteiger partial charge < -0.3 is 15.4 Å². The van der Waals surface area contributed by atoms with Crippen molar-refractivity contribution in [2.45, 2.75) is 40.2 Å². The molecule has 0 aliphatic rings. The van der Waals surface area contributed by atoms with E-state index in [9.17, 15) is 14.4 Å². The SMILES string of the molecule is CCCCn1c(N)c(N(CC(C)C)C(=O)COc2ccc(Cl)cc2)c(=O)[nH]c1=O. The molecule has 8 nitrogen and oxygen atoms in total. The molecule has 1 aromatic carbocycles. The Hall–Kier alpha value is -2.74. The summed E-state index contributed by atoms with van der Waals surface area (Å²) in [6.45, 7) is 6.13. The Balaban J connectivity index is 2.35. The first-order valence-corrected chi connectivity index (χ1v) is 9.93. The van der Waals surface area contributed by atoms with E-state index in [0.717, 1.165) is 6.42 Å². The van der Waals surface area contributed by atoms with Crippen molar-refractivity contribution in [3.63, 3.8) is 0 Å². The molecule has 0 aliphatic heterocycles. The molecule has 0 atom stereocenters. The van der Waals surface area contributed by atoms with Crippen LogP contribution in [0.15, 0.2) is 33.9 Å². The van der Waals surface area contributed by atoms with E-state index >= 15 is 0 Å². The number of H-pyrrole nitrogens is 1. The molecule has 0 bridgehead atoms. The van der Waals surface area contributed by atoms with Gasteiger partial charge in [0, 0.05) is 18.1 Å². The lowest BCUT2D eigenvalue weighted by atomic mass is 10.2. The van der Waals surface area contributed by atoms with Crippen molar-refractivity contribution in [2.24, 2.45) is 5.92 Å². The molecule has 0 radical (unpaired) electrons. The summed E-state index contributed by atoms with van der Waals surface area (Å²) in [5.74, 6) is 0.0746. The van der Waals surface area contributed by atoms with Crippen LogP contribution >= 0.6 is 11.6 Å². The molecule has 0 unspecified atom stereocenters. The third-order valence-corrected chi connectivity index (χ3v) is 4.50. The smallest absolute Gasteiger partial charge is 0.330 e. The summed E-state index contributed by atoms with van der Waals surface area (Å²) in [5, 5.41) is 0.554. The van der Waals surface area contributed by atoms with Crippen molar-refractivity contribution >= 4 is 29.0 Å². The molecule has 158 valence electrons. The Morgan fingerprint density at radius 3 is 2.52 bits per heavy atom. The second-order valence-electron chi connectivity index (χ2n) is 7.14. The van der Waals surface area contributed by atoms with Crippen molar-refractivity contribution in [1.29, 1.82) is 0 Å². The maximum absolute atomic E-state index is 12.9. The van der Waals surface area contributed by atoms with Gasteiger partial charge in [-0.15, -0.1) is 0 Å². The highest BCUT2D eigenvalue weighted by molar-refractivity contribution is 6.30. The van der Waals surface area contributed by atoms with Crippen LogP contribution in [0, 0.1) is 5.92 Å². The van der Waals surface area contributed by atoms with Crippen LogP contribution in [-0.2, 0) is 11.3 Å². The predicted octanol–water partition coefficient (Wildman–Crippen LogP) is 2.64. The maximum atomic E-state index is 12.9. The van der Waals surface area contributed by atoms with Crippen LogP contribution in [0.1, 0.15) is 33.6 Å². The van der Waals surface area contributed by atoms with E-state index in [1.807, 2.05) is 20.8 Å². The number of ether oxygens (including phenoxy) is 1. The summed E-state index contributed by atoms with van der Waals surface area (Å²) < 4.78 is 6.83. The Bertz CT molecular complexity index is 950. The Morgan fingerprint density at radius 1 is 1.28 bits per heavy atom.